The molecule has 40 heavy (non-hydrogen) atoms. The van der Waals surface area contributed by atoms with Gasteiger partial charge in [0, 0.05) is 39.2 Å². The minimum absolute atomic E-state index is 0.955. The smallest absolute Gasteiger partial charge is 0.0730 e. The molecule has 0 radical (unpaired) electrons. The molecule has 0 amide bonds. The van der Waals surface area contributed by atoms with Crippen LogP contribution in [0, 0.1) is 0 Å². The molecule has 0 spiro atoms. The van der Waals surface area contributed by atoms with Gasteiger partial charge in [0.15, 0.2) is 0 Å². The summed E-state index contributed by atoms with van der Waals surface area (Å²) in [5.74, 6) is 0. The number of hydrogen-bond donors (Lipinski definition) is 0. The number of hydrogen-bond acceptors (Lipinski definition) is 1. The van der Waals surface area contributed by atoms with Crippen molar-refractivity contribution in [1.82, 2.24) is 14.1 Å². The van der Waals surface area contributed by atoms with Crippen LogP contribution in [0.15, 0.2) is 152 Å². The second-order valence-corrected chi connectivity index (χ2v) is 10.1. The highest BCUT2D eigenvalue weighted by Gasteiger charge is 2.18. The number of rotatable bonds is 4. The number of aromatic nitrogens is 3. The molecule has 0 bridgehead atoms. The average Bonchev–Trinajstić information content (AvgIpc) is 3.62. The first-order valence-electron chi connectivity index (χ1n) is 13.6. The largest absolute Gasteiger partial charge is 0.316 e. The summed E-state index contributed by atoms with van der Waals surface area (Å²) in [5, 5.41) is 3.70. The standard InChI is InChI=1S/C37H25N3/c1-4-12-26(13-5-1)33-24-29(25-34(38-33)27-14-6-2-7-15-27)40-36-19-11-10-18-30(36)31-20-21-35-32(37(31)40)22-23-39(35)28-16-8-3-9-17-28/h1-25H. The van der Waals surface area contributed by atoms with Crippen molar-refractivity contribution < 1.29 is 0 Å². The molecule has 3 nitrogen and oxygen atoms in total. The Labute approximate surface area is 232 Å². The summed E-state index contributed by atoms with van der Waals surface area (Å²) in [6.07, 6.45) is 2.18. The Bertz CT molecular complexity index is 2080. The monoisotopic (exact) mass is 511 g/mol. The predicted octanol–water partition coefficient (Wildman–Crippen LogP) is 9.46. The Kier molecular flexibility index (Phi) is 5.14. The van der Waals surface area contributed by atoms with Crippen LogP contribution < -0.4 is 0 Å². The zero-order valence-electron chi connectivity index (χ0n) is 21.8. The zero-order chi connectivity index (χ0) is 26.5. The Morgan fingerprint density at radius 3 is 1.70 bits per heavy atom. The quantitative estimate of drug-likeness (QED) is 0.231. The molecule has 8 aromatic rings. The minimum Gasteiger partial charge on any atom is -0.316 e. The van der Waals surface area contributed by atoms with Gasteiger partial charge in [-0.25, -0.2) is 4.98 Å². The fourth-order valence-corrected chi connectivity index (χ4v) is 5.92. The molecule has 0 fully saturated rings. The minimum atomic E-state index is 0.955. The van der Waals surface area contributed by atoms with Gasteiger partial charge in [0.05, 0.1) is 33.6 Å². The second-order valence-electron chi connectivity index (χ2n) is 10.1. The maximum Gasteiger partial charge on any atom is 0.0730 e. The Morgan fingerprint density at radius 1 is 0.425 bits per heavy atom. The molecule has 0 saturated carbocycles. The lowest BCUT2D eigenvalue weighted by Crippen LogP contribution is -1.98. The predicted molar refractivity (Wildman–Crippen MR) is 166 cm³/mol. The lowest BCUT2D eigenvalue weighted by molar-refractivity contribution is 1.13. The maximum atomic E-state index is 5.13. The van der Waals surface area contributed by atoms with Gasteiger partial charge >= 0.3 is 0 Å². The van der Waals surface area contributed by atoms with E-state index in [2.05, 4.69) is 149 Å². The van der Waals surface area contributed by atoms with Crippen molar-refractivity contribution in [2.24, 2.45) is 0 Å². The Hall–Kier alpha value is -5.41. The van der Waals surface area contributed by atoms with E-state index in [0.29, 0.717) is 0 Å². The van der Waals surface area contributed by atoms with Gasteiger partial charge in [-0.1, -0.05) is 103 Å². The molecule has 5 aromatic carbocycles. The van der Waals surface area contributed by atoms with Crippen LogP contribution in [0.2, 0.25) is 0 Å². The number of pyridine rings is 1. The van der Waals surface area contributed by atoms with Gasteiger partial charge in [0.25, 0.3) is 0 Å². The number of nitrogens with zero attached hydrogens (tertiary/aromatic N) is 3. The highest BCUT2D eigenvalue weighted by Crippen LogP contribution is 2.39. The third kappa shape index (κ3) is 3.56. The van der Waals surface area contributed by atoms with Crippen molar-refractivity contribution >= 4 is 32.7 Å². The van der Waals surface area contributed by atoms with Crippen LogP contribution in [0.3, 0.4) is 0 Å². The molecule has 0 saturated heterocycles. The van der Waals surface area contributed by atoms with E-state index < -0.39 is 0 Å². The van der Waals surface area contributed by atoms with Crippen molar-refractivity contribution in [2.45, 2.75) is 0 Å². The van der Waals surface area contributed by atoms with E-state index in [4.69, 9.17) is 4.98 Å². The molecule has 188 valence electrons. The van der Waals surface area contributed by atoms with Crippen LogP contribution in [0.1, 0.15) is 0 Å². The molecule has 3 heteroatoms. The van der Waals surface area contributed by atoms with Crippen LogP contribution in [-0.2, 0) is 0 Å². The van der Waals surface area contributed by atoms with E-state index in [1.54, 1.807) is 0 Å². The Morgan fingerprint density at radius 2 is 1.02 bits per heavy atom. The second kappa shape index (κ2) is 9.11. The normalized spacial score (nSPS) is 11.5. The third-order valence-corrected chi connectivity index (χ3v) is 7.74. The fraction of sp³-hybridized carbons (Fsp3) is 0. The van der Waals surface area contributed by atoms with Gasteiger partial charge in [0.1, 0.15) is 0 Å². The van der Waals surface area contributed by atoms with Gasteiger partial charge < -0.3 is 9.13 Å². The molecule has 0 atom stereocenters. The van der Waals surface area contributed by atoms with E-state index in [1.165, 1.54) is 32.7 Å². The van der Waals surface area contributed by atoms with Crippen molar-refractivity contribution in [3.05, 3.63) is 152 Å². The molecule has 0 aliphatic heterocycles. The van der Waals surface area contributed by atoms with Crippen LogP contribution in [0.5, 0.6) is 0 Å². The topological polar surface area (TPSA) is 22.8 Å². The summed E-state index contributed by atoms with van der Waals surface area (Å²) >= 11 is 0. The summed E-state index contributed by atoms with van der Waals surface area (Å²) in [6.45, 7) is 0. The maximum absolute atomic E-state index is 5.13. The molecule has 0 N–H and O–H groups in total. The van der Waals surface area contributed by atoms with Crippen LogP contribution in [0.25, 0.3) is 66.6 Å². The number of para-hydroxylation sites is 2. The van der Waals surface area contributed by atoms with Gasteiger partial charge in [-0.3, -0.25) is 0 Å². The SMILES string of the molecule is c1ccc(-c2cc(-n3c4ccccc4c4ccc5c(ccn5-c5ccccc5)c43)cc(-c3ccccc3)n2)cc1. The number of benzene rings is 5. The highest BCUT2D eigenvalue weighted by molar-refractivity contribution is 6.18. The molecule has 0 unspecified atom stereocenters. The molecule has 8 rings (SSSR count). The average molecular weight is 512 g/mol. The zero-order valence-corrected chi connectivity index (χ0v) is 21.8. The molecule has 0 aliphatic carbocycles. The van der Waals surface area contributed by atoms with Crippen molar-refractivity contribution in [3.63, 3.8) is 0 Å². The Balaban J connectivity index is 1.48. The van der Waals surface area contributed by atoms with Crippen molar-refractivity contribution in [3.8, 4) is 33.9 Å². The third-order valence-electron chi connectivity index (χ3n) is 7.74. The molecule has 0 aliphatic rings. The van der Waals surface area contributed by atoms with E-state index in [1.807, 2.05) is 12.1 Å². The van der Waals surface area contributed by atoms with Gasteiger partial charge in [0.2, 0.25) is 0 Å². The van der Waals surface area contributed by atoms with Crippen LogP contribution in [0.4, 0.5) is 0 Å². The first kappa shape index (κ1) is 22.6. The van der Waals surface area contributed by atoms with Gasteiger partial charge in [-0.05, 0) is 42.5 Å². The summed E-state index contributed by atoms with van der Waals surface area (Å²) in [4.78, 5) is 5.13. The van der Waals surface area contributed by atoms with Crippen LogP contribution >= 0.6 is 0 Å². The van der Waals surface area contributed by atoms with Crippen molar-refractivity contribution in [1.29, 1.82) is 0 Å². The summed E-state index contributed by atoms with van der Waals surface area (Å²) in [6, 6.07) is 51.4. The number of fused-ring (bicyclic) bond motifs is 5. The molecule has 3 heterocycles. The first-order chi connectivity index (χ1) is 19.8. The fourth-order valence-electron chi connectivity index (χ4n) is 5.92. The molecule has 3 aromatic heterocycles. The van der Waals surface area contributed by atoms with E-state index in [9.17, 15) is 0 Å². The van der Waals surface area contributed by atoms with Gasteiger partial charge in [-0.15, -0.1) is 0 Å². The lowest BCUT2D eigenvalue weighted by Gasteiger charge is -2.14. The lowest BCUT2D eigenvalue weighted by atomic mass is 10.1. The summed E-state index contributed by atoms with van der Waals surface area (Å²) in [5.41, 5.74) is 9.93. The van der Waals surface area contributed by atoms with Crippen LogP contribution in [-0.4, -0.2) is 14.1 Å². The summed E-state index contributed by atoms with van der Waals surface area (Å²) < 4.78 is 4.69. The molecular weight excluding hydrogens is 486 g/mol. The van der Waals surface area contributed by atoms with E-state index in [-0.39, 0.29) is 0 Å². The van der Waals surface area contributed by atoms with E-state index in [0.717, 1.165) is 33.9 Å². The van der Waals surface area contributed by atoms with Crippen molar-refractivity contribution in [2.75, 3.05) is 0 Å². The highest BCUT2D eigenvalue weighted by atomic mass is 15.0. The molecular formula is C37H25N3. The first-order valence-corrected chi connectivity index (χ1v) is 13.6. The van der Waals surface area contributed by atoms with Gasteiger partial charge in [-0.2, -0.15) is 0 Å². The summed E-state index contributed by atoms with van der Waals surface area (Å²) in [7, 11) is 0. The van der Waals surface area contributed by atoms with E-state index >= 15 is 0 Å².